The lowest BCUT2D eigenvalue weighted by Gasteiger charge is -2.35. The fourth-order valence-corrected chi connectivity index (χ4v) is 3.52. The second-order valence-electron chi connectivity index (χ2n) is 6.68. The van der Waals surface area contributed by atoms with E-state index >= 15 is 0 Å². The molecule has 2 fully saturated rings. The zero-order valence-electron chi connectivity index (χ0n) is 14.3. The van der Waals surface area contributed by atoms with Crippen LogP contribution in [0.2, 0.25) is 0 Å². The molecule has 0 amide bonds. The van der Waals surface area contributed by atoms with Crippen molar-refractivity contribution in [2.45, 2.75) is 19.4 Å². The largest absolute Gasteiger partial charge is 0.356 e. The van der Waals surface area contributed by atoms with Gasteiger partial charge in [0.05, 0.1) is 6.20 Å². The third-order valence-corrected chi connectivity index (χ3v) is 4.88. The van der Waals surface area contributed by atoms with E-state index in [-0.39, 0.29) is 5.82 Å². The van der Waals surface area contributed by atoms with E-state index in [0.29, 0.717) is 0 Å². The number of piperazine rings is 1. The predicted molar refractivity (Wildman–Crippen MR) is 95.2 cm³/mol. The number of hydrogen-bond acceptors (Lipinski definition) is 6. The van der Waals surface area contributed by atoms with Gasteiger partial charge < -0.3 is 9.80 Å². The zero-order valence-corrected chi connectivity index (χ0v) is 14.3. The Kier molecular flexibility index (Phi) is 4.74. The minimum Gasteiger partial charge on any atom is -0.356 e. The van der Waals surface area contributed by atoms with Crippen LogP contribution >= 0.6 is 0 Å². The molecule has 0 N–H and O–H groups in total. The number of halogens is 1. The van der Waals surface area contributed by atoms with Crippen molar-refractivity contribution in [1.82, 2.24) is 19.9 Å². The Morgan fingerprint density at radius 2 is 1.76 bits per heavy atom. The second kappa shape index (κ2) is 7.31. The van der Waals surface area contributed by atoms with Crippen molar-refractivity contribution in [3.63, 3.8) is 0 Å². The first kappa shape index (κ1) is 16.2. The van der Waals surface area contributed by atoms with Crippen LogP contribution in [0.25, 0.3) is 0 Å². The van der Waals surface area contributed by atoms with E-state index in [4.69, 9.17) is 4.98 Å². The Morgan fingerprint density at radius 3 is 2.52 bits per heavy atom. The van der Waals surface area contributed by atoms with Crippen LogP contribution in [0.5, 0.6) is 0 Å². The SMILES string of the molecule is Fc1cncc(CN2CCN(c3nccc(N4CCCC4)n3)CC2)c1. The van der Waals surface area contributed by atoms with Gasteiger partial charge in [-0.3, -0.25) is 9.88 Å². The molecule has 2 saturated heterocycles. The number of anilines is 2. The summed E-state index contributed by atoms with van der Waals surface area (Å²) in [4.78, 5) is 20.0. The number of rotatable bonds is 4. The molecule has 0 saturated carbocycles. The Morgan fingerprint density at radius 1 is 0.960 bits per heavy atom. The molecule has 2 aromatic rings. The topological polar surface area (TPSA) is 48.4 Å². The van der Waals surface area contributed by atoms with E-state index in [1.165, 1.54) is 19.0 Å². The van der Waals surface area contributed by atoms with Gasteiger partial charge in [0.25, 0.3) is 0 Å². The maximum absolute atomic E-state index is 13.3. The van der Waals surface area contributed by atoms with Crippen LogP contribution in [0.1, 0.15) is 18.4 Å². The first-order chi connectivity index (χ1) is 12.3. The van der Waals surface area contributed by atoms with Crippen LogP contribution in [0.3, 0.4) is 0 Å². The molecular formula is C18H23FN6. The van der Waals surface area contributed by atoms with E-state index in [2.05, 4.69) is 24.7 Å². The number of nitrogens with zero attached hydrogens (tertiary/aromatic N) is 6. The normalized spacial score (nSPS) is 18.8. The molecule has 2 aliphatic rings. The average Bonchev–Trinajstić information content (AvgIpc) is 3.17. The Balaban J connectivity index is 1.36. The highest BCUT2D eigenvalue weighted by Crippen LogP contribution is 2.20. The summed E-state index contributed by atoms with van der Waals surface area (Å²) in [5, 5.41) is 0. The Hall–Kier alpha value is -2.28. The number of aromatic nitrogens is 3. The van der Waals surface area contributed by atoms with Crippen molar-refractivity contribution in [2.24, 2.45) is 0 Å². The Bertz CT molecular complexity index is 710. The van der Waals surface area contributed by atoms with Crippen molar-refractivity contribution in [2.75, 3.05) is 49.1 Å². The standard InChI is InChI=1S/C18H23FN6/c19-16-11-15(12-20-13-16)14-23-7-9-25(10-8-23)18-21-4-3-17(22-18)24-5-1-2-6-24/h3-4,11-13H,1-2,5-10,14H2. The van der Waals surface area contributed by atoms with E-state index < -0.39 is 0 Å². The van der Waals surface area contributed by atoms with Crippen molar-refractivity contribution in [1.29, 1.82) is 0 Å². The highest BCUT2D eigenvalue weighted by atomic mass is 19.1. The van der Waals surface area contributed by atoms with Crippen molar-refractivity contribution >= 4 is 11.8 Å². The van der Waals surface area contributed by atoms with Crippen LogP contribution in [-0.4, -0.2) is 59.1 Å². The van der Waals surface area contributed by atoms with E-state index in [0.717, 1.165) is 63.1 Å². The molecule has 0 spiro atoms. The summed E-state index contributed by atoms with van der Waals surface area (Å²) in [6.45, 7) is 6.49. The highest BCUT2D eigenvalue weighted by molar-refractivity contribution is 5.44. The fourth-order valence-electron chi connectivity index (χ4n) is 3.52. The number of hydrogen-bond donors (Lipinski definition) is 0. The smallest absolute Gasteiger partial charge is 0.227 e. The minimum absolute atomic E-state index is 0.275. The molecule has 2 aliphatic heterocycles. The van der Waals surface area contributed by atoms with Gasteiger partial charge in [-0.15, -0.1) is 0 Å². The fraction of sp³-hybridized carbons (Fsp3) is 0.500. The lowest BCUT2D eigenvalue weighted by atomic mass is 10.2. The van der Waals surface area contributed by atoms with Gasteiger partial charge in [0.15, 0.2) is 0 Å². The molecule has 0 unspecified atom stereocenters. The van der Waals surface area contributed by atoms with E-state index in [1.54, 1.807) is 12.3 Å². The monoisotopic (exact) mass is 342 g/mol. The van der Waals surface area contributed by atoms with Crippen molar-refractivity contribution in [3.05, 3.63) is 42.1 Å². The van der Waals surface area contributed by atoms with Crippen molar-refractivity contribution in [3.8, 4) is 0 Å². The van der Waals surface area contributed by atoms with Gasteiger partial charge >= 0.3 is 0 Å². The van der Waals surface area contributed by atoms with Gasteiger partial charge in [-0.2, -0.15) is 4.98 Å². The third kappa shape index (κ3) is 3.87. The summed E-state index contributed by atoms with van der Waals surface area (Å²) >= 11 is 0. The van der Waals surface area contributed by atoms with Crippen LogP contribution in [0, 0.1) is 5.82 Å². The van der Waals surface area contributed by atoms with Gasteiger partial charge in [-0.05, 0) is 30.5 Å². The van der Waals surface area contributed by atoms with Crippen LogP contribution < -0.4 is 9.80 Å². The lowest BCUT2D eigenvalue weighted by molar-refractivity contribution is 0.248. The summed E-state index contributed by atoms with van der Waals surface area (Å²) in [7, 11) is 0. The molecule has 0 atom stereocenters. The molecule has 0 radical (unpaired) electrons. The zero-order chi connectivity index (χ0) is 17.1. The van der Waals surface area contributed by atoms with E-state index in [1.807, 2.05) is 12.3 Å². The molecular weight excluding hydrogens is 319 g/mol. The van der Waals surface area contributed by atoms with Crippen molar-refractivity contribution < 1.29 is 4.39 Å². The molecule has 4 rings (SSSR count). The summed E-state index contributed by atoms with van der Waals surface area (Å²) in [6.07, 6.45) is 7.32. The van der Waals surface area contributed by atoms with Gasteiger partial charge in [-0.25, -0.2) is 9.37 Å². The van der Waals surface area contributed by atoms with Gasteiger partial charge in [0.1, 0.15) is 11.6 Å². The van der Waals surface area contributed by atoms with Gasteiger partial charge in [0, 0.05) is 58.2 Å². The maximum atomic E-state index is 13.3. The van der Waals surface area contributed by atoms with Crippen LogP contribution in [0.4, 0.5) is 16.2 Å². The van der Waals surface area contributed by atoms with Gasteiger partial charge in [0.2, 0.25) is 5.95 Å². The highest BCUT2D eigenvalue weighted by Gasteiger charge is 2.21. The summed E-state index contributed by atoms with van der Waals surface area (Å²) in [6, 6.07) is 3.56. The first-order valence-electron chi connectivity index (χ1n) is 8.93. The molecule has 0 bridgehead atoms. The van der Waals surface area contributed by atoms with Gasteiger partial charge in [-0.1, -0.05) is 0 Å². The molecule has 6 nitrogen and oxygen atoms in total. The quantitative estimate of drug-likeness (QED) is 0.846. The molecule has 4 heterocycles. The second-order valence-corrected chi connectivity index (χ2v) is 6.68. The van der Waals surface area contributed by atoms with Crippen LogP contribution in [0.15, 0.2) is 30.7 Å². The molecule has 0 aromatic carbocycles. The summed E-state index contributed by atoms with van der Waals surface area (Å²) < 4.78 is 13.3. The van der Waals surface area contributed by atoms with Crippen LogP contribution in [-0.2, 0) is 6.54 Å². The summed E-state index contributed by atoms with van der Waals surface area (Å²) in [5.41, 5.74) is 0.917. The predicted octanol–water partition coefficient (Wildman–Crippen LogP) is 1.93. The Labute approximate surface area is 147 Å². The molecule has 25 heavy (non-hydrogen) atoms. The average molecular weight is 342 g/mol. The van der Waals surface area contributed by atoms with E-state index in [9.17, 15) is 4.39 Å². The number of pyridine rings is 1. The lowest BCUT2D eigenvalue weighted by Crippen LogP contribution is -2.46. The summed E-state index contributed by atoms with van der Waals surface area (Å²) in [5.74, 6) is 1.58. The molecule has 2 aromatic heterocycles. The third-order valence-electron chi connectivity index (χ3n) is 4.88. The molecule has 0 aliphatic carbocycles. The first-order valence-corrected chi connectivity index (χ1v) is 8.93. The minimum atomic E-state index is -0.275. The maximum Gasteiger partial charge on any atom is 0.227 e. The molecule has 7 heteroatoms. The molecule has 132 valence electrons.